The number of nitrogens with one attached hydrogen (secondary N) is 1. The highest BCUT2D eigenvalue weighted by atomic mass is 35.5. The highest BCUT2D eigenvalue weighted by Gasteiger charge is 2.21. The molecule has 1 heterocycles. The zero-order valence-electron chi connectivity index (χ0n) is 14.9. The summed E-state index contributed by atoms with van der Waals surface area (Å²) in [6.45, 7) is 4.34. The number of benzene rings is 2. The van der Waals surface area contributed by atoms with Gasteiger partial charge < -0.3 is 19.7 Å². The van der Waals surface area contributed by atoms with Crippen LogP contribution in [0.5, 0.6) is 5.75 Å². The van der Waals surface area contributed by atoms with Gasteiger partial charge in [-0.15, -0.1) is 0 Å². The second-order valence-corrected chi connectivity index (χ2v) is 6.53. The van der Waals surface area contributed by atoms with Gasteiger partial charge in [-0.1, -0.05) is 17.7 Å². The summed E-state index contributed by atoms with van der Waals surface area (Å²) in [5, 5.41) is 12.3. The third-order valence-corrected chi connectivity index (χ3v) is 4.54. The van der Waals surface area contributed by atoms with Crippen LogP contribution in [0.25, 0.3) is 0 Å². The van der Waals surface area contributed by atoms with E-state index in [-0.39, 0.29) is 5.91 Å². The summed E-state index contributed by atoms with van der Waals surface area (Å²) >= 11 is 6.39. The van der Waals surface area contributed by atoms with Crippen molar-refractivity contribution < 1.29 is 14.3 Å². The first kappa shape index (κ1) is 19.0. The summed E-state index contributed by atoms with van der Waals surface area (Å²) in [4.78, 5) is 14.7. The van der Waals surface area contributed by atoms with Gasteiger partial charge >= 0.3 is 0 Å². The van der Waals surface area contributed by atoms with Gasteiger partial charge in [-0.25, -0.2) is 0 Å². The minimum Gasteiger partial charge on any atom is -0.481 e. The van der Waals surface area contributed by atoms with E-state index in [2.05, 4.69) is 10.2 Å². The van der Waals surface area contributed by atoms with Crippen LogP contribution >= 0.6 is 11.6 Å². The Hall–Kier alpha value is -2.75. The first-order valence-electron chi connectivity index (χ1n) is 8.67. The number of hydrogen-bond acceptors (Lipinski definition) is 5. The second kappa shape index (κ2) is 8.76. The van der Waals surface area contributed by atoms with Crippen molar-refractivity contribution in [2.24, 2.45) is 0 Å². The van der Waals surface area contributed by atoms with E-state index in [1.807, 2.05) is 12.1 Å². The van der Waals surface area contributed by atoms with Gasteiger partial charge in [0.05, 0.1) is 41.2 Å². The molecule has 0 aromatic heterocycles. The zero-order chi connectivity index (χ0) is 19.2. The van der Waals surface area contributed by atoms with Gasteiger partial charge in [0.25, 0.3) is 5.91 Å². The third-order valence-electron chi connectivity index (χ3n) is 4.24. The number of morpholine rings is 1. The summed E-state index contributed by atoms with van der Waals surface area (Å²) in [6.07, 6.45) is -0.713. The van der Waals surface area contributed by atoms with E-state index in [0.29, 0.717) is 48.3 Å². The Balaban J connectivity index is 1.71. The molecule has 1 N–H and O–H groups in total. The van der Waals surface area contributed by atoms with Gasteiger partial charge in [-0.05, 0) is 43.3 Å². The van der Waals surface area contributed by atoms with Crippen molar-refractivity contribution in [1.29, 1.82) is 5.26 Å². The van der Waals surface area contributed by atoms with E-state index in [1.165, 1.54) is 0 Å². The van der Waals surface area contributed by atoms with Gasteiger partial charge in [0.2, 0.25) is 0 Å². The lowest BCUT2D eigenvalue weighted by Crippen LogP contribution is -2.37. The summed E-state index contributed by atoms with van der Waals surface area (Å²) in [5.74, 6) is 0.243. The van der Waals surface area contributed by atoms with Gasteiger partial charge in [0.1, 0.15) is 5.75 Å². The topological polar surface area (TPSA) is 74.6 Å². The molecular formula is C20H20ClN3O3. The maximum atomic E-state index is 12.6. The van der Waals surface area contributed by atoms with Gasteiger partial charge in [-0.2, -0.15) is 5.26 Å². The fourth-order valence-corrected chi connectivity index (χ4v) is 3.12. The van der Waals surface area contributed by atoms with Gasteiger partial charge in [-0.3, -0.25) is 4.79 Å². The number of para-hydroxylation sites is 1. The molecule has 0 bridgehead atoms. The number of rotatable bonds is 5. The van der Waals surface area contributed by atoms with E-state index in [0.717, 1.165) is 5.69 Å². The van der Waals surface area contributed by atoms with Crippen molar-refractivity contribution in [2.45, 2.75) is 13.0 Å². The molecule has 7 heteroatoms. The number of nitrogens with zero attached hydrogens (tertiary/aromatic N) is 2. The number of halogens is 1. The Labute approximate surface area is 163 Å². The van der Waals surface area contributed by atoms with Crippen LogP contribution in [0.15, 0.2) is 42.5 Å². The normalized spacial score (nSPS) is 14.9. The van der Waals surface area contributed by atoms with E-state index >= 15 is 0 Å². The molecule has 0 saturated carbocycles. The molecular weight excluding hydrogens is 366 g/mol. The first-order chi connectivity index (χ1) is 13.1. The van der Waals surface area contributed by atoms with Gasteiger partial charge in [0.15, 0.2) is 6.10 Å². The molecule has 2 aromatic carbocycles. The fourth-order valence-electron chi connectivity index (χ4n) is 2.82. The van der Waals surface area contributed by atoms with Crippen molar-refractivity contribution >= 4 is 28.9 Å². The molecule has 1 aliphatic heterocycles. The summed E-state index contributed by atoms with van der Waals surface area (Å²) in [7, 11) is 0. The minimum absolute atomic E-state index is 0.281. The van der Waals surface area contributed by atoms with Crippen molar-refractivity contribution in [3.8, 4) is 11.8 Å². The molecule has 140 valence electrons. The number of nitriles is 1. The molecule has 0 aliphatic carbocycles. The highest BCUT2D eigenvalue weighted by molar-refractivity contribution is 6.34. The molecule has 1 fully saturated rings. The molecule has 1 saturated heterocycles. The number of hydrogen-bond donors (Lipinski definition) is 1. The molecule has 1 aliphatic rings. The van der Waals surface area contributed by atoms with Crippen LogP contribution in [0, 0.1) is 11.3 Å². The molecule has 1 atom stereocenters. The number of carbonyl (C=O) groups excluding carboxylic acids is 1. The summed E-state index contributed by atoms with van der Waals surface area (Å²) in [5.41, 5.74) is 1.97. The number of carbonyl (C=O) groups is 1. The Morgan fingerprint density at radius 3 is 2.63 bits per heavy atom. The minimum atomic E-state index is -0.713. The SMILES string of the molecule is CC(Oc1ccc(C#N)cc1)C(=O)Nc1cccc(Cl)c1N1CCOCC1. The molecule has 6 nitrogen and oxygen atoms in total. The smallest absolute Gasteiger partial charge is 0.265 e. The van der Waals surface area contributed by atoms with Crippen LogP contribution in [-0.4, -0.2) is 38.3 Å². The lowest BCUT2D eigenvalue weighted by molar-refractivity contribution is -0.122. The standard InChI is InChI=1S/C20H20ClN3O3/c1-14(27-16-7-5-15(13-22)6-8-16)20(25)23-18-4-2-3-17(21)19(18)24-9-11-26-12-10-24/h2-8,14H,9-12H2,1H3,(H,23,25). The Kier molecular flexibility index (Phi) is 6.17. The third kappa shape index (κ3) is 4.70. The molecule has 3 rings (SSSR count). The fraction of sp³-hybridized carbons (Fsp3) is 0.300. The Morgan fingerprint density at radius 2 is 1.96 bits per heavy atom. The second-order valence-electron chi connectivity index (χ2n) is 6.12. The van der Waals surface area contributed by atoms with E-state index < -0.39 is 6.10 Å². The maximum Gasteiger partial charge on any atom is 0.265 e. The summed E-state index contributed by atoms with van der Waals surface area (Å²) < 4.78 is 11.1. The maximum absolute atomic E-state index is 12.6. The van der Waals surface area contributed by atoms with Gasteiger partial charge in [0, 0.05) is 13.1 Å². The van der Waals surface area contributed by atoms with Crippen molar-refractivity contribution in [3.05, 3.63) is 53.1 Å². The van der Waals surface area contributed by atoms with E-state index in [4.69, 9.17) is 26.3 Å². The predicted molar refractivity (Wildman–Crippen MR) is 104 cm³/mol. The number of amides is 1. The lowest BCUT2D eigenvalue weighted by Gasteiger charge is -2.31. The average molecular weight is 386 g/mol. The van der Waals surface area contributed by atoms with Crippen LogP contribution < -0.4 is 15.0 Å². The van der Waals surface area contributed by atoms with Crippen LogP contribution in [0.1, 0.15) is 12.5 Å². The predicted octanol–water partition coefficient (Wildman–Crippen LogP) is 3.45. The Bertz CT molecular complexity index is 843. The molecule has 0 spiro atoms. The highest BCUT2D eigenvalue weighted by Crippen LogP contribution is 2.34. The first-order valence-corrected chi connectivity index (χ1v) is 9.05. The van der Waals surface area contributed by atoms with Crippen LogP contribution in [0.3, 0.4) is 0 Å². The number of ether oxygens (including phenoxy) is 2. The van der Waals surface area contributed by atoms with Crippen LogP contribution in [0.2, 0.25) is 5.02 Å². The molecule has 27 heavy (non-hydrogen) atoms. The van der Waals surface area contributed by atoms with Crippen LogP contribution in [0.4, 0.5) is 11.4 Å². The number of anilines is 2. The molecule has 1 amide bonds. The largest absolute Gasteiger partial charge is 0.481 e. The average Bonchev–Trinajstić information content (AvgIpc) is 2.69. The molecule has 0 radical (unpaired) electrons. The molecule has 2 aromatic rings. The quantitative estimate of drug-likeness (QED) is 0.853. The van der Waals surface area contributed by atoms with Crippen molar-refractivity contribution in [2.75, 3.05) is 36.5 Å². The zero-order valence-corrected chi connectivity index (χ0v) is 15.7. The Morgan fingerprint density at radius 1 is 1.26 bits per heavy atom. The summed E-state index contributed by atoms with van der Waals surface area (Å²) in [6, 6.07) is 14.1. The lowest BCUT2D eigenvalue weighted by atomic mass is 10.2. The van der Waals surface area contributed by atoms with Crippen molar-refractivity contribution in [1.82, 2.24) is 0 Å². The van der Waals surface area contributed by atoms with Crippen LogP contribution in [-0.2, 0) is 9.53 Å². The monoisotopic (exact) mass is 385 g/mol. The molecule has 1 unspecified atom stereocenters. The van der Waals surface area contributed by atoms with E-state index in [1.54, 1.807) is 43.3 Å². The van der Waals surface area contributed by atoms with E-state index in [9.17, 15) is 4.79 Å². The van der Waals surface area contributed by atoms with Crippen molar-refractivity contribution in [3.63, 3.8) is 0 Å².